The molecule has 0 spiro atoms. The van der Waals surface area contributed by atoms with Crippen molar-refractivity contribution >= 4 is 0 Å². The molecule has 1 aromatic rings. The molecule has 0 aliphatic heterocycles. The van der Waals surface area contributed by atoms with Crippen LogP contribution in [0.25, 0.3) is 0 Å². The van der Waals surface area contributed by atoms with Gasteiger partial charge in [-0.3, -0.25) is 0 Å². The second-order valence-electron chi connectivity index (χ2n) is 6.19. The van der Waals surface area contributed by atoms with Crippen LogP contribution in [0.5, 0.6) is 5.75 Å². The number of aliphatic hydroxyl groups is 1. The Morgan fingerprint density at radius 2 is 1.19 bits per heavy atom. The van der Waals surface area contributed by atoms with Gasteiger partial charge in [-0.15, -0.1) is 0 Å². The first-order valence-electron chi connectivity index (χ1n) is 8.53. The summed E-state index contributed by atoms with van der Waals surface area (Å²) in [5, 5.41) is 20.1. The maximum absolute atomic E-state index is 10.6. The highest BCUT2D eigenvalue weighted by atomic mass is 16.3. The third kappa shape index (κ3) is 5.03. The SMILES string of the molecule is CCC(CC)Cc1cc(CO)cc(CC(CC)CC)c1O. The van der Waals surface area contributed by atoms with Gasteiger partial charge in [0.2, 0.25) is 0 Å². The van der Waals surface area contributed by atoms with E-state index in [1.807, 2.05) is 12.1 Å². The Bertz CT molecular complexity index is 383. The number of benzene rings is 1. The molecule has 1 aromatic carbocycles. The molecular formula is C19H32O2. The van der Waals surface area contributed by atoms with E-state index in [-0.39, 0.29) is 6.61 Å². The highest BCUT2D eigenvalue weighted by Gasteiger charge is 2.16. The first-order chi connectivity index (χ1) is 10.1. The van der Waals surface area contributed by atoms with Crippen LogP contribution in [0.3, 0.4) is 0 Å². The highest BCUT2D eigenvalue weighted by Crippen LogP contribution is 2.31. The van der Waals surface area contributed by atoms with Crippen LogP contribution in [0.15, 0.2) is 12.1 Å². The van der Waals surface area contributed by atoms with Gasteiger partial charge >= 0.3 is 0 Å². The standard InChI is InChI=1S/C19H32O2/c1-5-14(6-2)9-17-11-16(13-20)12-18(19(17)21)10-15(7-3)8-4/h11-12,14-15,20-21H,5-10,13H2,1-4H3. The van der Waals surface area contributed by atoms with Gasteiger partial charge < -0.3 is 10.2 Å². The Hall–Kier alpha value is -1.02. The van der Waals surface area contributed by atoms with Gasteiger partial charge in [0.05, 0.1) is 6.61 Å². The third-order valence-corrected chi connectivity index (χ3v) is 4.84. The maximum Gasteiger partial charge on any atom is 0.121 e. The Morgan fingerprint density at radius 3 is 1.48 bits per heavy atom. The minimum absolute atomic E-state index is 0.0477. The summed E-state index contributed by atoms with van der Waals surface area (Å²) in [6.45, 7) is 8.85. The Balaban J connectivity index is 3.07. The van der Waals surface area contributed by atoms with E-state index >= 15 is 0 Å². The lowest BCUT2D eigenvalue weighted by atomic mass is 9.88. The summed E-state index contributed by atoms with van der Waals surface area (Å²) in [5.74, 6) is 1.67. The third-order valence-electron chi connectivity index (χ3n) is 4.84. The Kier molecular flexibility index (Phi) is 7.81. The van der Waals surface area contributed by atoms with Crippen molar-refractivity contribution in [3.63, 3.8) is 0 Å². The molecule has 0 bridgehead atoms. The molecule has 0 unspecified atom stereocenters. The van der Waals surface area contributed by atoms with Gasteiger partial charge in [-0.2, -0.15) is 0 Å². The fraction of sp³-hybridized carbons (Fsp3) is 0.684. The van der Waals surface area contributed by atoms with Gasteiger partial charge in [-0.05, 0) is 53.5 Å². The predicted molar refractivity (Wildman–Crippen MR) is 89.6 cm³/mol. The molecule has 2 nitrogen and oxygen atoms in total. The van der Waals surface area contributed by atoms with Crippen LogP contribution >= 0.6 is 0 Å². The number of hydrogen-bond donors (Lipinski definition) is 2. The summed E-state index contributed by atoms with van der Waals surface area (Å²) < 4.78 is 0. The summed E-state index contributed by atoms with van der Waals surface area (Å²) in [6.07, 6.45) is 6.32. The van der Waals surface area contributed by atoms with Gasteiger partial charge in [0.25, 0.3) is 0 Å². The van der Waals surface area contributed by atoms with Crippen LogP contribution in [-0.2, 0) is 19.4 Å². The van der Waals surface area contributed by atoms with Gasteiger partial charge in [-0.25, -0.2) is 0 Å². The fourth-order valence-electron chi connectivity index (χ4n) is 3.01. The van der Waals surface area contributed by atoms with Gasteiger partial charge in [0.1, 0.15) is 5.75 Å². The number of hydrogen-bond acceptors (Lipinski definition) is 2. The van der Waals surface area contributed by atoms with Gasteiger partial charge in [0, 0.05) is 0 Å². The summed E-state index contributed by atoms with van der Waals surface area (Å²) >= 11 is 0. The molecule has 0 heterocycles. The maximum atomic E-state index is 10.6. The Labute approximate surface area is 130 Å². The van der Waals surface area contributed by atoms with Crippen molar-refractivity contribution in [1.29, 1.82) is 0 Å². The smallest absolute Gasteiger partial charge is 0.121 e. The lowest BCUT2D eigenvalue weighted by Gasteiger charge is -2.19. The first kappa shape index (κ1) is 18.0. The molecule has 0 saturated heterocycles. The van der Waals surface area contributed by atoms with E-state index in [4.69, 9.17) is 0 Å². The van der Waals surface area contributed by atoms with Crippen LogP contribution < -0.4 is 0 Å². The monoisotopic (exact) mass is 292 g/mol. The second-order valence-corrected chi connectivity index (χ2v) is 6.19. The molecule has 0 aromatic heterocycles. The van der Waals surface area contributed by atoms with E-state index in [0.717, 1.165) is 55.2 Å². The average molecular weight is 292 g/mol. The van der Waals surface area contributed by atoms with Crippen LogP contribution in [0, 0.1) is 11.8 Å². The van der Waals surface area contributed by atoms with Crippen LogP contribution in [0.2, 0.25) is 0 Å². The second kappa shape index (κ2) is 9.09. The van der Waals surface area contributed by atoms with Crippen LogP contribution in [0.4, 0.5) is 0 Å². The summed E-state index contributed by atoms with van der Waals surface area (Å²) in [6, 6.07) is 3.95. The molecule has 0 saturated carbocycles. The molecule has 21 heavy (non-hydrogen) atoms. The van der Waals surface area contributed by atoms with Crippen LogP contribution in [0.1, 0.15) is 70.1 Å². The Morgan fingerprint density at radius 1 is 0.810 bits per heavy atom. The fourth-order valence-corrected chi connectivity index (χ4v) is 3.01. The van der Waals surface area contributed by atoms with Crippen molar-refractivity contribution in [2.24, 2.45) is 11.8 Å². The van der Waals surface area contributed by atoms with Gasteiger partial charge in [0.15, 0.2) is 0 Å². The molecule has 1 rings (SSSR count). The van der Waals surface area contributed by atoms with Crippen molar-refractivity contribution in [1.82, 2.24) is 0 Å². The predicted octanol–water partition coefficient (Wildman–Crippen LogP) is 4.84. The minimum Gasteiger partial charge on any atom is -0.507 e. The molecule has 0 aliphatic rings. The van der Waals surface area contributed by atoms with E-state index in [0.29, 0.717) is 17.6 Å². The molecule has 2 heteroatoms. The molecule has 0 radical (unpaired) electrons. The lowest BCUT2D eigenvalue weighted by molar-refractivity contribution is 0.281. The number of aliphatic hydroxyl groups excluding tert-OH is 1. The highest BCUT2D eigenvalue weighted by molar-refractivity contribution is 5.44. The van der Waals surface area contributed by atoms with E-state index in [1.54, 1.807) is 0 Å². The zero-order chi connectivity index (χ0) is 15.8. The van der Waals surface area contributed by atoms with Crippen molar-refractivity contribution in [2.75, 3.05) is 0 Å². The molecule has 0 fully saturated rings. The van der Waals surface area contributed by atoms with Crippen molar-refractivity contribution in [2.45, 2.75) is 72.8 Å². The zero-order valence-corrected chi connectivity index (χ0v) is 14.2. The van der Waals surface area contributed by atoms with Crippen molar-refractivity contribution in [3.05, 3.63) is 28.8 Å². The summed E-state index contributed by atoms with van der Waals surface area (Å²) in [7, 11) is 0. The van der Waals surface area contributed by atoms with E-state index < -0.39 is 0 Å². The number of aromatic hydroxyl groups is 1. The molecule has 0 aliphatic carbocycles. The molecule has 2 N–H and O–H groups in total. The van der Waals surface area contributed by atoms with E-state index in [9.17, 15) is 10.2 Å². The van der Waals surface area contributed by atoms with Gasteiger partial charge in [-0.1, -0.05) is 53.4 Å². The first-order valence-corrected chi connectivity index (χ1v) is 8.53. The van der Waals surface area contributed by atoms with Crippen molar-refractivity contribution < 1.29 is 10.2 Å². The molecular weight excluding hydrogens is 260 g/mol. The largest absolute Gasteiger partial charge is 0.507 e. The zero-order valence-electron chi connectivity index (χ0n) is 14.2. The topological polar surface area (TPSA) is 40.5 Å². The number of rotatable bonds is 9. The van der Waals surface area contributed by atoms with E-state index in [1.165, 1.54) is 0 Å². The molecule has 0 atom stereocenters. The minimum atomic E-state index is 0.0477. The quantitative estimate of drug-likeness (QED) is 0.683. The van der Waals surface area contributed by atoms with E-state index in [2.05, 4.69) is 27.7 Å². The normalized spacial score (nSPS) is 11.6. The van der Waals surface area contributed by atoms with Crippen LogP contribution in [-0.4, -0.2) is 10.2 Å². The van der Waals surface area contributed by atoms with Crippen molar-refractivity contribution in [3.8, 4) is 5.75 Å². The average Bonchev–Trinajstić information content (AvgIpc) is 2.52. The number of phenolic OH excluding ortho intramolecular Hbond substituents is 1. The molecule has 0 amide bonds. The summed E-state index contributed by atoms with van der Waals surface area (Å²) in [5.41, 5.74) is 2.95. The number of phenols is 1. The molecule has 120 valence electrons. The lowest BCUT2D eigenvalue weighted by Crippen LogP contribution is -2.07. The summed E-state index contributed by atoms with van der Waals surface area (Å²) in [4.78, 5) is 0.